The number of benzene rings is 2. The van der Waals surface area contributed by atoms with E-state index in [2.05, 4.69) is 21.9 Å². The van der Waals surface area contributed by atoms with Crippen molar-refractivity contribution in [2.24, 2.45) is 0 Å². The standard InChI is InChI=1S/C26H36N2O4S/c1-31-23-9-11-25(12-10-23)33(29,30)26-13-17-28(18-14-26)21-22-5-7-24(8-6-22)32-20-19-27-15-3-2-4-16-27/h5-12,26H,2-4,13-21H2,1H3. The van der Waals surface area contributed by atoms with Crippen molar-refractivity contribution in [3.8, 4) is 11.5 Å². The lowest BCUT2D eigenvalue weighted by atomic mass is 10.1. The Bertz CT molecular complexity index is 962. The number of hydrogen-bond acceptors (Lipinski definition) is 6. The van der Waals surface area contributed by atoms with Crippen LogP contribution in [0.15, 0.2) is 53.4 Å². The number of likely N-dealkylation sites (tertiary alicyclic amines) is 2. The van der Waals surface area contributed by atoms with Gasteiger partial charge in [-0.05, 0) is 93.8 Å². The average molecular weight is 473 g/mol. The number of ether oxygens (including phenoxy) is 2. The molecule has 2 saturated heterocycles. The molecule has 0 N–H and O–H groups in total. The largest absolute Gasteiger partial charge is 0.497 e. The van der Waals surface area contributed by atoms with Crippen molar-refractivity contribution in [3.05, 3.63) is 54.1 Å². The van der Waals surface area contributed by atoms with Gasteiger partial charge in [-0.1, -0.05) is 18.6 Å². The Morgan fingerprint density at radius 1 is 0.818 bits per heavy atom. The summed E-state index contributed by atoms with van der Waals surface area (Å²) in [4.78, 5) is 5.21. The molecular formula is C26H36N2O4S. The summed E-state index contributed by atoms with van der Waals surface area (Å²) < 4.78 is 37.1. The molecule has 2 aromatic carbocycles. The zero-order chi connectivity index (χ0) is 23.1. The van der Waals surface area contributed by atoms with Gasteiger partial charge in [0.25, 0.3) is 0 Å². The van der Waals surface area contributed by atoms with Crippen LogP contribution >= 0.6 is 0 Å². The maximum Gasteiger partial charge on any atom is 0.181 e. The van der Waals surface area contributed by atoms with Crippen LogP contribution in [0, 0.1) is 0 Å². The summed E-state index contributed by atoms with van der Waals surface area (Å²) in [5.74, 6) is 1.59. The Balaban J connectivity index is 1.22. The minimum atomic E-state index is -3.31. The first-order valence-corrected chi connectivity index (χ1v) is 13.6. The molecule has 4 rings (SSSR count). The lowest BCUT2D eigenvalue weighted by Crippen LogP contribution is -2.38. The predicted octanol–water partition coefficient (Wildman–Crippen LogP) is 4.00. The monoisotopic (exact) mass is 472 g/mol. The molecule has 0 aliphatic carbocycles. The SMILES string of the molecule is COc1ccc(S(=O)(=O)C2CCN(Cc3ccc(OCCN4CCCCC4)cc3)CC2)cc1. The van der Waals surface area contributed by atoms with E-state index < -0.39 is 9.84 Å². The zero-order valence-corrected chi connectivity index (χ0v) is 20.4. The second-order valence-corrected chi connectivity index (χ2v) is 11.3. The molecule has 2 fully saturated rings. The van der Waals surface area contributed by atoms with Crippen LogP contribution in [0.5, 0.6) is 11.5 Å². The highest BCUT2D eigenvalue weighted by molar-refractivity contribution is 7.92. The highest BCUT2D eigenvalue weighted by Gasteiger charge is 2.31. The van der Waals surface area contributed by atoms with Gasteiger partial charge in [0.1, 0.15) is 18.1 Å². The van der Waals surface area contributed by atoms with Crippen LogP contribution in [0.1, 0.15) is 37.7 Å². The first kappa shape index (κ1) is 24.0. The van der Waals surface area contributed by atoms with Crippen molar-refractivity contribution in [2.45, 2.75) is 48.8 Å². The summed E-state index contributed by atoms with van der Waals surface area (Å²) in [6.07, 6.45) is 5.28. The van der Waals surface area contributed by atoms with Crippen molar-refractivity contribution >= 4 is 9.84 Å². The van der Waals surface area contributed by atoms with E-state index in [1.165, 1.54) is 37.9 Å². The Morgan fingerprint density at radius 3 is 2.09 bits per heavy atom. The number of piperidine rings is 2. The van der Waals surface area contributed by atoms with E-state index in [0.717, 1.165) is 38.5 Å². The molecule has 0 radical (unpaired) electrons. The van der Waals surface area contributed by atoms with Gasteiger partial charge in [0, 0.05) is 13.1 Å². The number of methoxy groups -OCH3 is 1. The third-order valence-corrected chi connectivity index (χ3v) is 9.09. The lowest BCUT2D eigenvalue weighted by Gasteiger charge is -2.31. The van der Waals surface area contributed by atoms with E-state index in [1.807, 2.05) is 12.1 Å². The lowest BCUT2D eigenvalue weighted by molar-refractivity contribution is 0.183. The fourth-order valence-corrected chi connectivity index (χ4v) is 6.49. The Labute approximate surface area is 198 Å². The minimum absolute atomic E-state index is 0.321. The maximum absolute atomic E-state index is 13.0. The highest BCUT2D eigenvalue weighted by atomic mass is 32.2. The number of sulfone groups is 1. The molecular weight excluding hydrogens is 436 g/mol. The minimum Gasteiger partial charge on any atom is -0.497 e. The fourth-order valence-electron chi connectivity index (χ4n) is 4.76. The summed E-state index contributed by atoms with van der Waals surface area (Å²) in [6.45, 7) is 6.53. The molecule has 0 amide bonds. The highest BCUT2D eigenvalue weighted by Crippen LogP contribution is 2.27. The van der Waals surface area contributed by atoms with E-state index in [-0.39, 0.29) is 5.25 Å². The molecule has 2 aromatic rings. The summed E-state index contributed by atoms with van der Waals surface area (Å²) in [6, 6.07) is 15.1. The Hall–Kier alpha value is -2.09. The van der Waals surface area contributed by atoms with Crippen molar-refractivity contribution in [3.63, 3.8) is 0 Å². The van der Waals surface area contributed by atoms with Crippen molar-refractivity contribution < 1.29 is 17.9 Å². The first-order chi connectivity index (χ1) is 16.0. The van der Waals surface area contributed by atoms with E-state index in [0.29, 0.717) is 23.5 Å². The van der Waals surface area contributed by atoms with Crippen LogP contribution in [-0.4, -0.2) is 69.9 Å². The van der Waals surface area contributed by atoms with Gasteiger partial charge in [-0.3, -0.25) is 9.80 Å². The molecule has 180 valence electrons. The second kappa shape index (κ2) is 11.4. The number of hydrogen-bond donors (Lipinski definition) is 0. The van der Waals surface area contributed by atoms with E-state index in [1.54, 1.807) is 31.4 Å². The molecule has 0 unspecified atom stereocenters. The molecule has 2 aliphatic rings. The quantitative estimate of drug-likeness (QED) is 0.550. The van der Waals surface area contributed by atoms with Crippen LogP contribution in [0.2, 0.25) is 0 Å². The van der Waals surface area contributed by atoms with Gasteiger partial charge in [-0.25, -0.2) is 8.42 Å². The molecule has 6 nitrogen and oxygen atoms in total. The molecule has 2 heterocycles. The van der Waals surface area contributed by atoms with E-state index >= 15 is 0 Å². The van der Waals surface area contributed by atoms with Crippen molar-refractivity contribution in [1.82, 2.24) is 9.80 Å². The third-order valence-electron chi connectivity index (χ3n) is 6.82. The predicted molar refractivity (Wildman–Crippen MR) is 131 cm³/mol. The summed E-state index contributed by atoms with van der Waals surface area (Å²) >= 11 is 0. The number of rotatable bonds is 9. The van der Waals surface area contributed by atoms with Gasteiger partial charge in [0.15, 0.2) is 9.84 Å². The van der Waals surface area contributed by atoms with Crippen LogP contribution in [-0.2, 0) is 16.4 Å². The Kier molecular flexibility index (Phi) is 8.28. The summed E-state index contributed by atoms with van der Waals surface area (Å²) in [5.41, 5.74) is 1.23. The first-order valence-electron chi connectivity index (χ1n) is 12.1. The van der Waals surface area contributed by atoms with Gasteiger partial charge in [-0.15, -0.1) is 0 Å². The van der Waals surface area contributed by atoms with Crippen LogP contribution in [0.3, 0.4) is 0 Å². The molecule has 7 heteroatoms. The van der Waals surface area contributed by atoms with Gasteiger partial charge < -0.3 is 9.47 Å². The smallest absolute Gasteiger partial charge is 0.181 e. The second-order valence-electron chi connectivity index (χ2n) is 9.09. The molecule has 0 atom stereocenters. The van der Waals surface area contributed by atoms with Gasteiger partial charge in [-0.2, -0.15) is 0 Å². The van der Waals surface area contributed by atoms with Crippen LogP contribution in [0.25, 0.3) is 0 Å². The molecule has 0 saturated carbocycles. The molecule has 0 bridgehead atoms. The molecule has 2 aliphatic heterocycles. The summed E-state index contributed by atoms with van der Waals surface area (Å²) in [7, 11) is -1.73. The number of nitrogens with zero attached hydrogens (tertiary/aromatic N) is 2. The van der Waals surface area contributed by atoms with Gasteiger partial charge in [0.05, 0.1) is 17.3 Å². The topological polar surface area (TPSA) is 59.1 Å². The third kappa shape index (κ3) is 6.49. The summed E-state index contributed by atoms with van der Waals surface area (Å²) in [5, 5.41) is -0.321. The maximum atomic E-state index is 13.0. The van der Waals surface area contributed by atoms with Gasteiger partial charge >= 0.3 is 0 Å². The Morgan fingerprint density at radius 2 is 1.45 bits per heavy atom. The molecule has 0 spiro atoms. The fraction of sp³-hybridized carbons (Fsp3) is 0.538. The van der Waals surface area contributed by atoms with Crippen molar-refractivity contribution in [2.75, 3.05) is 46.4 Å². The van der Waals surface area contributed by atoms with Crippen LogP contribution in [0.4, 0.5) is 0 Å². The van der Waals surface area contributed by atoms with E-state index in [4.69, 9.17) is 9.47 Å². The van der Waals surface area contributed by atoms with Gasteiger partial charge in [0.2, 0.25) is 0 Å². The zero-order valence-electron chi connectivity index (χ0n) is 19.6. The molecule has 0 aromatic heterocycles. The van der Waals surface area contributed by atoms with Crippen LogP contribution < -0.4 is 9.47 Å². The normalized spacial score (nSPS) is 18.8. The average Bonchev–Trinajstić information content (AvgIpc) is 2.86. The van der Waals surface area contributed by atoms with Crippen molar-refractivity contribution in [1.29, 1.82) is 0 Å². The molecule has 33 heavy (non-hydrogen) atoms. The van der Waals surface area contributed by atoms with E-state index in [9.17, 15) is 8.42 Å².